The van der Waals surface area contributed by atoms with Gasteiger partial charge in [0.25, 0.3) is 0 Å². The summed E-state index contributed by atoms with van der Waals surface area (Å²) in [5.74, 6) is -1.85. The van der Waals surface area contributed by atoms with Gasteiger partial charge in [-0.1, -0.05) is 36.5 Å². The molecular formula is C17H23FN2O5S. The number of nitrogens with zero attached hydrogens (tertiary/aromatic N) is 2. The lowest BCUT2D eigenvalue weighted by atomic mass is 10.0. The van der Waals surface area contributed by atoms with Crippen molar-refractivity contribution in [2.24, 2.45) is 5.92 Å². The Kier molecular flexibility index (Phi) is 6.51. The first kappa shape index (κ1) is 20.5. The molecule has 144 valence electrons. The summed E-state index contributed by atoms with van der Waals surface area (Å²) in [5, 5.41) is 19.3. The standard InChI is InChI=1S/C17H23FN2O5S/c1-12(2)11-16(17(21)22)20(23)26(24,25)19-9-7-14(8-10-19)13-3-5-15(18)6-4-13/h3-7,12,16,23H,8-11H2,1-2H3,(H,21,22). The smallest absolute Gasteiger partial charge is 0.324 e. The minimum Gasteiger partial charge on any atom is -0.480 e. The molecule has 7 nitrogen and oxygen atoms in total. The number of aliphatic carboxylic acids is 1. The third kappa shape index (κ3) is 4.67. The van der Waals surface area contributed by atoms with Gasteiger partial charge in [0.15, 0.2) is 0 Å². The molecule has 0 amide bonds. The zero-order chi connectivity index (χ0) is 19.5. The number of carbonyl (C=O) groups is 1. The molecule has 0 saturated carbocycles. The van der Waals surface area contributed by atoms with Gasteiger partial charge in [0.05, 0.1) is 0 Å². The van der Waals surface area contributed by atoms with E-state index in [1.165, 1.54) is 12.1 Å². The van der Waals surface area contributed by atoms with E-state index in [1.54, 1.807) is 32.1 Å². The maximum Gasteiger partial charge on any atom is 0.324 e. The number of benzene rings is 1. The molecule has 1 aromatic carbocycles. The molecule has 0 spiro atoms. The van der Waals surface area contributed by atoms with E-state index in [2.05, 4.69) is 0 Å². The van der Waals surface area contributed by atoms with E-state index < -0.39 is 22.2 Å². The van der Waals surface area contributed by atoms with Crippen LogP contribution in [0.5, 0.6) is 0 Å². The van der Waals surface area contributed by atoms with Crippen LogP contribution in [0.1, 0.15) is 32.3 Å². The Morgan fingerprint density at radius 2 is 1.92 bits per heavy atom. The van der Waals surface area contributed by atoms with Crippen molar-refractivity contribution in [1.82, 2.24) is 8.77 Å². The quantitative estimate of drug-likeness (QED) is 0.701. The molecule has 0 bridgehead atoms. The number of hydroxylamine groups is 1. The topological polar surface area (TPSA) is 98.1 Å². The fourth-order valence-electron chi connectivity index (χ4n) is 2.80. The second-order valence-electron chi connectivity index (χ2n) is 6.61. The lowest BCUT2D eigenvalue weighted by Gasteiger charge is -2.31. The number of carboxylic acid groups (broad SMARTS) is 1. The molecule has 1 unspecified atom stereocenters. The van der Waals surface area contributed by atoms with Gasteiger partial charge < -0.3 is 5.11 Å². The summed E-state index contributed by atoms with van der Waals surface area (Å²) in [6.07, 6.45) is 2.05. The van der Waals surface area contributed by atoms with Crippen molar-refractivity contribution in [3.05, 3.63) is 41.7 Å². The minimum absolute atomic E-state index is 0.000120. The first-order valence-corrected chi connectivity index (χ1v) is 9.68. The van der Waals surface area contributed by atoms with Crippen LogP contribution < -0.4 is 0 Å². The second kappa shape index (κ2) is 8.26. The first-order chi connectivity index (χ1) is 12.1. The first-order valence-electron chi connectivity index (χ1n) is 8.29. The number of rotatable bonds is 7. The van der Waals surface area contributed by atoms with Gasteiger partial charge in [-0.05, 0) is 42.0 Å². The third-order valence-electron chi connectivity index (χ3n) is 4.20. The van der Waals surface area contributed by atoms with Crippen LogP contribution in [0.4, 0.5) is 4.39 Å². The normalized spacial score (nSPS) is 17.4. The minimum atomic E-state index is -4.33. The van der Waals surface area contributed by atoms with E-state index in [4.69, 9.17) is 0 Å². The maximum atomic E-state index is 13.0. The Labute approximate surface area is 152 Å². The summed E-state index contributed by atoms with van der Waals surface area (Å²) >= 11 is 0. The summed E-state index contributed by atoms with van der Waals surface area (Å²) < 4.78 is 39.1. The van der Waals surface area contributed by atoms with Crippen molar-refractivity contribution in [2.75, 3.05) is 13.1 Å². The van der Waals surface area contributed by atoms with Crippen LogP contribution in [0, 0.1) is 11.7 Å². The van der Waals surface area contributed by atoms with Crippen LogP contribution in [-0.4, -0.2) is 52.6 Å². The molecular weight excluding hydrogens is 363 g/mol. The van der Waals surface area contributed by atoms with Crippen LogP contribution in [0.25, 0.3) is 5.57 Å². The Balaban J connectivity index is 2.15. The molecule has 2 N–H and O–H groups in total. The predicted octanol–water partition coefficient (Wildman–Crippen LogP) is 2.35. The van der Waals surface area contributed by atoms with Gasteiger partial charge in [-0.15, -0.1) is 0 Å². The van der Waals surface area contributed by atoms with Gasteiger partial charge in [0.1, 0.15) is 11.9 Å². The van der Waals surface area contributed by atoms with Gasteiger partial charge in [-0.3, -0.25) is 10.0 Å². The highest BCUT2D eigenvalue weighted by atomic mass is 32.2. The molecule has 2 rings (SSSR count). The van der Waals surface area contributed by atoms with Crippen LogP contribution in [0.3, 0.4) is 0 Å². The van der Waals surface area contributed by atoms with Crippen molar-refractivity contribution in [3.8, 4) is 0 Å². The van der Waals surface area contributed by atoms with Gasteiger partial charge in [0, 0.05) is 13.1 Å². The average Bonchev–Trinajstić information content (AvgIpc) is 2.59. The molecule has 1 aliphatic rings. The predicted molar refractivity (Wildman–Crippen MR) is 94.0 cm³/mol. The van der Waals surface area contributed by atoms with Gasteiger partial charge >= 0.3 is 16.2 Å². The fourth-order valence-corrected chi connectivity index (χ4v) is 4.12. The van der Waals surface area contributed by atoms with Crippen molar-refractivity contribution in [3.63, 3.8) is 0 Å². The summed E-state index contributed by atoms with van der Waals surface area (Å²) in [6, 6.07) is 4.36. The van der Waals surface area contributed by atoms with Crippen molar-refractivity contribution >= 4 is 21.8 Å². The molecule has 0 fully saturated rings. The Bertz CT molecular complexity index is 777. The van der Waals surface area contributed by atoms with E-state index >= 15 is 0 Å². The second-order valence-corrected chi connectivity index (χ2v) is 8.39. The van der Waals surface area contributed by atoms with Crippen LogP contribution in [0.2, 0.25) is 0 Å². The largest absolute Gasteiger partial charge is 0.480 e. The van der Waals surface area contributed by atoms with Crippen molar-refractivity contribution in [2.45, 2.75) is 32.7 Å². The lowest BCUT2D eigenvalue weighted by Crippen LogP contribution is -2.51. The van der Waals surface area contributed by atoms with Crippen LogP contribution in [-0.2, 0) is 15.0 Å². The molecule has 0 radical (unpaired) electrons. The van der Waals surface area contributed by atoms with E-state index in [9.17, 15) is 27.9 Å². The zero-order valence-corrected chi connectivity index (χ0v) is 15.5. The summed E-state index contributed by atoms with van der Waals surface area (Å²) in [4.78, 5) is 11.3. The van der Waals surface area contributed by atoms with Crippen LogP contribution >= 0.6 is 0 Å². The molecule has 0 saturated heterocycles. The molecule has 0 aliphatic carbocycles. The number of halogens is 1. The lowest BCUT2D eigenvalue weighted by molar-refractivity contribution is -0.153. The van der Waals surface area contributed by atoms with Gasteiger partial charge in [-0.25, -0.2) is 4.39 Å². The molecule has 1 aliphatic heterocycles. The molecule has 0 aromatic heterocycles. The summed E-state index contributed by atoms with van der Waals surface area (Å²) in [5.41, 5.74) is 1.67. The maximum absolute atomic E-state index is 13.0. The zero-order valence-electron chi connectivity index (χ0n) is 14.7. The summed E-state index contributed by atoms with van der Waals surface area (Å²) in [6.45, 7) is 3.58. The Morgan fingerprint density at radius 3 is 2.38 bits per heavy atom. The SMILES string of the molecule is CC(C)CC(C(=O)O)N(O)S(=O)(=O)N1CC=C(c2ccc(F)cc2)CC1. The Morgan fingerprint density at radius 1 is 1.31 bits per heavy atom. The molecule has 26 heavy (non-hydrogen) atoms. The van der Waals surface area contributed by atoms with Crippen molar-refractivity contribution in [1.29, 1.82) is 0 Å². The molecule has 1 atom stereocenters. The molecule has 9 heteroatoms. The number of hydrogen-bond donors (Lipinski definition) is 2. The van der Waals surface area contributed by atoms with E-state index in [1.807, 2.05) is 0 Å². The average molecular weight is 386 g/mol. The monoisotopic (exact) mass is 386 g/mol. The van der Waals surface area contributed by atoms with Crippen LogP contribution in [0.15, 0.2) is 30.3 Å². The van der Waals surface area contributed by atoms with Gasteiger partial charge in [-0.2, -0.15) is 12.7 Å². The third-order valence-corrected chi connectivity index (χ3v) is 5.91. The highest BCUT2D eigenvalue weighted by Crippen LogP contribution is 2.25. The van der Waals surface area contributed by atoms with E-state index in [-0.39, 0.29) is 35.7 Å². The molecule has 1 heterocycles. The fraction of sp³-hybridized carbons (Fsp3) is 0.471. The highest BCUT2D eigenvalue weighted by Gasteiger charge is 2.38. The van der Waals surface area contributed by atoms with Crippen molar-refractivity contribution < 1.29 is 27.9 Å². The Hall–Kier alpha value is -1.81. The molecule has 1 aromatic rings. The highest BCUT2D eigenvalue weighted by molar-refractivity contribution is 7.86. The van der Waals surface area contributed by atoms with E-state index in [0.29, 0.717) is 6.42 Å². The van der Waals surface area contributed by atoms with E-state index in [0.717, 1.165) is 15.4 Å². The number of carboxylic acids is 1. The number of hydrogen-bond acceptors (Lipinski definition) is 4. The summed E-state index contributed by atoms with van der Waals surface area (Å²) in [7, 11) is -4.33. The van der Waals surface area contributed by atoms with Gasteiger partial charge in [0.2, 0.25) is 0 Å².